The van der Waals surface area contributed by atoms with Gasteiger partial charge in [0.05, 0.1) is 25.1 Å². The molecule has 8 heteroatoms. The molecule has 0 radical (unpaired) electrons. The normalized spacial score (nSPS) is 13.5. The second kappa shape index (κ2) is 9.30. The van der Waals surface area contributed by atoms with Crippen LogP contribution in [0.3, 0.4) is 0 Å². The number of hydrogen-bond donors (Lipinski definition) is 1. The molecule has 0 saturated carbocycles. The van der Waals surface area contributed by atoms with Crippen LogP contribution in [0.4, 0.5) is 5.69 Å². The van der Waals surface area contributed by atoms with E-state index in [4.69, 9.17) is 16.3 Å². The lowest BCUT2D eigenvalue weighted by Gasteiger charge is -2.31. The maximum atomic E-state index is 13.0. The molecule has 0 heterocycles. The number of hydrogen-bond acceptors (Lipinski definition) is 4. The van der Waals surface area contributed by atoms with E-state index in [0.717, 1.165) is 16.1 Å². The summed E-state index contributed by atoms with van der Waals surface area (Å²) in [6.45, 7) is 3.60. The third-order valence-electron chi connectivity index (χ3n) is 4.38. The van der Waals surface area contributed by atoms with Crippen LogP contribution < -0.4 is 14.4 Å². The van der Waals surface area contributed by atoms with Gasteiger partial charge < -0.3 is 10.1 Å². The van der Waals surface area contributed by atoms with Gasteiger partial charge in [-0.3, -0.25) is 9.10 Å². The molecule has 2 atom stereocenters. The van der Waals surface area contributed by atoms with Crippen molar-refractivity contribution in [3.05, 3.63) is 59.1 Å². The largest absolute Gasteiger partial charge is 0.496 e. The summed E-state index contributed by atoms with van der Waals surface area (Å²) in [5, 5.41) is 3.39. The first-order chi connectivity index (χ1) is 13.2. The van der Waals surface area contributed by atoms with Crippen molar-refractivity contribution in [2.24, 2.45) is 0 Å². The van der Waals surface area contributed by atoms with Crippen LogP contribution in [0, 0.1) is 0 Å². The molecule has 1 amide bonds. The van der Waals surface area contributed by atoms with Gasteiger partial charge in [-0.05, 0) is 43.7 Å². The van der Waals surface area contributed by atoms with Crippen molar-refractivity contribution >= 4 is 33.2 Å². The number of amides is 1. The molecule has 0 saturated heterocycles. The molecular formula is C20H25ClN2O4S. The van der Waals surface area contributed by atoms with Gasteiger partial charge in [0.1, 0.15) is 11.8 Å². The molecule has 28 heavy (non-hydrogen) atoms. The van der Waals surface area contributed by atoms with Crippen molar-refractivity contribution in [3.63, 3.8) is 0 Å². The molecule has 152 valence electrons. The van der Waals surface area contributed by atoms with Gasteiger partial charge in [0, 0.05) is 10.6 Å². The molecule has 0 bridgehead atoms. The molecule has 0 unspecified atom stereocenters. The topological polar surface area (TPSA) is 75.7 Å². The summed E-state index contributed by atoms with van der Waals surface area (Å²) in [6, 6.07) is 12.5. The average molecular weight is 425 g/mol. The lowest BCUT2D eigenvalue weighted by Crippen LogP contribution is -2.49. The Bertz CT molecular complexity index is 916. The zero-order valence-electron chi connectivity index (χ0n) is 16.3. The number of rotatable bonds is 8. The van der Waals surface area contributed by atoms with Crippen molar-refractivity contribution in [1.82, 2.24) is 5.32 Å². The molecule has 0 spiro atoms. The number of nitrogens with one attached hydrogen (secondary N) is 1. The third kappa shape index (κ3) is 5.17. The van der Waals surface area contributed by atoms with Crippen LogP contribution in [-0.4, -0.2) is 33.7 Å². The highest BCUT2D eigenvalue weighted by Gasteiger charge is 2.32. The number of carbonyl (C=O) groups excluding carboxylic acids is 1. The zero-order valence-corrected chi connectivity index (χ0v) is 17.9. The quantitative estimate of drug-likeness (QED) is 0.699. The van der Waals surface area contributed by atoms with Gasteiger partial charge >= 0.3 is 0 Å². The van der Waals surface area contributed by atoms with Gasteiger partial charge in [-0.1, -0.05) is 36.7 Å². The second-order valence-corrected chi connectivity index (χ2v) is 8.73. The average Bonchev–Trinajstić information content (AvgIpc) is 2.65. The van der Waals surface area contributed by atoms with E-state index < -0.39 is 16.1 Å². The van der Waals surface area contributed by atoms with Gasteiger partial charge in [-0.15, -0.1) is 0 Å². The Hall–Kier alpha value is -2.25. The lowest BCUT2D eigenvalue weighted by atomic mass is 10.1. The number of sulfonamides is 1. The number of anilines is 1. The minimum Gasteiger partial charge on any atom is -0.496 e. The Labute approximate surface area is 171 Å². The Morgan fingerprint density at radius 2 is 1.79 bits per heavy atom. The number of para-hydroxylation sites is 1. The molecule has 0 fully saturated rings. The molecule has 2 rings (SSSR count). The fraction of sp³-hybridized carbons (Fsp3) is 0.350. The molecule has 2 aromatic carbocycles. The summed E-state index contributed by atoms with van der Waals surface area (Å²) in [5.41, 5.74) is 1.20. The van der Waals surface area contributed by atoms with Crippen LogP contribution in [0.1, 0.15) is 31.9 Å². The highest BCUT2D eigenvalue weighted by molar-refractivity contribution is 7.92. The first-order valence-corrected chi connectivity index (χ1v) is 11.1. The summed E-state index contributed by atoms with van der Waals surface area (Å²) in [6.07, 6.45) is 1.39. The number of nitrogens with zero attached hydrogens (tertiary/aromatic N) is 1. The van der Waals surface area contributed by atoms with Crippen LogP contribution in [0.2, 0.25) is 5.02 Å². The number of carbonyl (C=O) groups is 1. The first kappa shape index (κ1) is 22.0. The van der Waals surface area contributed by atoms with E-state index >= 15 is 0 Å². The van der Waals surface area contributed by atoms with Crippen LogP contribution in [0.25, 0.3) is 0 Å². The predicted octanol–water partition coefficient (Wildman–Crippen LogP) is 3.77. The van der Waals surface area contributed by atoms with Gasteiger partial charge in [-0.25, -0.2) is 8.42 Å². The molecule has 0 aliphatic heterocycles. The highest BCUT2D eigenvalue weighted by atomic mass is 35.5. The maximum absolute atomic E-state index is 13.0. The van der Waals surface area contributed by atoms with Crippen LogP contribution in [0.15, 0.2) is 48.5 Å². The van der Waals surface area contributed by atoms with E-state index in [0.29, 0.717) is 22.9 Å². The van der Waals surface area contributed by atoms with E-state index in [2.05, 4.69) is 5.32 Å². The number of ether oxygens (including phenoxy) is 1. The first-order valence-electron chi connectivity index (χ1n) is 8.87. The smallest absolute Gasteiger partial charge is 0.244 e. The van der Waals surface area contributed by atoms with Gasteiger partial charge in [0.2, 0.25) is 15.9 Å². The Morgan fingerprint density at radius 3 is 2.32 bits per heavy atom. The summed E-state index contributed by atoms with van der Waals surface area (Å²) in [4.78, 5) is 13.0. The van der Waals surface area contributed by atoms with Crippen molar-refractivity contribution in [1.29, 1.82) is 0 Å². The monoisotopic (exact) mass is 424 g/mol. The minimum absolute atomic E-state index is 0.306. The van der Waals surface area contributed by atoms with Crippen molar-refractivity contribution in [2.45, 2.75) is 32.4 Å². The van der Waals surface area contributed by atoms with E-state index in [1.807, 2.05) is 31.2 Å². The standard InChI is InChI=1S/C20H25ClN2O4S/c1-5-18(23(28(4,25)26)16-12-10-15(21)11-13-16)20(24)22-14(2)17-8-6-7-9-19(17)27-3/h6-14,18H,5H2,1-4H3,(H,22,24)/t14-,18+/m0/s1. The molecule has 0 aromatic heterocycles. The molecule has 1 N–H and O–H groups in total. The second-order valence-electron chi connectivity index (χ2n) is 6.43. The summed E-state index contributed by atoms with van der Waals surface area (Å²) in [5.74, 6) is 0.266. The summed E-state index contributed by atoms with van der Waals surface area (Å²) >= 11 is 5.91. The van der Waals surface area contributed by atoms with E-state index in [1.165, 1.54) is 0 Å². The van der Waals surface area contributed by atoms with Gasteiger partial charge in [0.25, 0.3) is 0 Å². The zero-order chi connectivity index (χ0) is 20.9. The minimum atomic E-state index is -3.70. The van der Waals surface area contributed by atoms with Crippen LogP contribution in [-0.2, 0) is 14.8 Å². The third-order valence-corrected chi connectivity index (χ3v) is 5.81. The predicted molar refractivity (Wildman–Crippen MR) is 112 cm³/mol. The van der Waals surface area contributed by atoms with Gasteiger partial charge in [0.15, 0.2) is 0 Å². The van der Waals surface area contributed by atoms with Crippen molar-refractivity contribution < 1.29 is 17.9 Å². The Morgan fingerprint density at radius 1 is 1.18 bits per heavy atom. The molecule has 0 aliphatic carbocycles. The maximum Gasteiger partial charge on any atom is 0.244 e. The Balaban J connectivity index is 2.32. The van der Waals surface area contributed by atoms with E-state index in [1.54, 1.807) is 38.3 Å². The van der Waals surface area contributed by atoms with Crippen molar-refractivity contribution in [3.8, 4) is 5.75 Å². The van der Waals surface area contributed by atoms with Crippen molar-refractivity contribution in [2.75, 3.05) is 17.7 Å². The number of methoxy groups -OCH3 is 1. The molecule has 6 nitrogen and oxygen atoms in total. The fourth-order valence-corrected chi connectivity index (χ4v) is 4.40. The molecule has 0 aliphatic rings. The number of halogens is 1. The molecule has 2 aromatic rings. The highest BCUT2D eigenvalue weighted by Crippen LogP contribution is 2.27. The summed E-state index contributed by atoms with van der Waals surface area (Å²) in [7, 11) is -2.13. The van der Waals surface area contributed by atoms with E-state index in [9.17, 15) is 13.2 Å². The SMILES string of the molecule is CC[C@H](C(=O)N[C@@H](C)c1ccccc1OC)N(c1ccc(Cl)cc1)S(C)(=O)=O. The van der Waals surface area contributed by atoms with Crippen LogP contribution >= 0.6 is 11.6 Å². The number of benzene rings is 2. The van der Waals surface area contributed by atoms with E-state index in [-0.39, 0.29) is 11.9 Å². The van der Waals surface area contributed by atoms with Crippen LogP contribution in [0.5, 0.6) is 5.75 Å². The van der Waals surface area contributed by atoms with Gasteiger partial charge in [-0.2, -0.15) is 0 Å². The lowest BCUT2D eigenvalue weighted by molar-refractivity contribution is -0.122. The molecular weight excluding hydrogens is 400 g/mol. The summed E-state index contributed by atoms with van der Waals surface area (Å²) < 4.78 is 31.4. The Kier molecular flexibility index (Phi) is 7.32. The fourth-order valence-electron chi connectivity index (χ4n) is 3.06.